The third kappa shape index (κ3) is 5.65. The Hall–Kier alpha value is -3.37. The first kappa shape index (κ1) is 23.3. The lowest BCUT2D eigenvalue weighted by Crippen LogP contribution is -2.27. The van der Waals surface area contributed by atoms with Gasteiger partial charge in [0, 0.05) is 30.3 Å². The first-order chi connectivity index (χ1) is 15.4. The van der Waals surface area contributed by atoms with Crippen molar-refractivity contribution in [3.8, 4) is 17.2 Å². The van der Waals surface area contributed by atoms with Crippen molar-refractivity contribution in [1.29, 1.82) is 0 Å². The summed E-state index contributed by atoms with van der Waals surface area (Å²) in [6.07, 6.45) is 3.13. The first-order valence-electron chi connectivity index (χ1n) is 9.47. The van der Waals surface area contributed by atoms with Crippen molar-refractivity contribution in [2.75, 3.05) is 26.9 Å². The number of hydrogen-bond acceptors (Lipinski definition) is 8. The number of nitro groups is 1. The highest BCUT2D eigenvalue weighted by molar-refractivity contribution is 8.26. The maximum Gasteiger partial charge on any atom is 0.270 e. The molecule has 0 aromatic heterocycles. The van der Waals surface area contributed by atoms with Crippen LogP contribution in [-0.4, -0.2) is 46.9 Å². The molecule has 1 amide bonds. The molecule has 0 bridgehead atoms. The topological polar surface area (TPSA) is 91.1 Å². The molecule has 166 valence electrons. The van der Waals surface area contributed by atoms with Crippen LogP contribution in [0.2, 0.25) is 0 Å². The van der Waals surface area contributed by atoms with Crippen molar-refractivity contribution in [1.82, 2.24) is 4.90 Å². The highest BCUT2D eigenvalue weighted by Crippen LogP contribution is 2.35. The van der Waals surface area contributed by atoms with Gasteiger partial charge in [-0.3, -0.25) is 19.8 Å². The van der Waals surface area contributed by atoms with Gasteiger partial charge < -0.3 is 14.2 Å². The van der Waals surface area contributed by atoms with E-state index in [1.54, 1.807) is 31.4 Å². The fourth-order valence-electron chi connectivity index (χ4n) is 2.82. The van der Waals surface area contributed by atoms with Gasteiger partial charge >= 0.3 is 0 Å². The highest BCUT2D eigenvalue weighted by Gasteiger charge is 2.31. The van der Waals surface area contributed by atoms with Crippen molar-refractivity contribution >= 4 is 46.0 Å². The second kappa shape index (κ2) is 10.8. The SMILES string of the molecule is C=CCN1C(=O)/C(=C/c2cc([N+](=O)[O-])ccc2OCCOc2cccc(OC)c2)SC1=S. The van der Waals surface area contributed by atoms with Crippen LogP contribution in [0.25, 0.3) is 6.08 Å². The fraction of sp³-hybridized carbons (Fsp3) is 0.182. The second-order valence-corrected chi connectivity index (χ2v) is 8.11. The predicted molar refractivity (Wildman–Crippen MR) is 127 cm³/mol. The van der Waals surface area contributed by atoms with Gasteiger partial charge in [0.1, 0.15) is 34.8 Å². The van der Waals surface area contributed by atoms with Gasteiger partial charge in [-0.25, -0.2) is 0 Å². The van der Waals surface area contributed by atoms with Gasteiger partial charge in [-0.05, 0) is 24.3 Å². The summed E-state index contributed by atoms with van der Waals surface area (Å²) in [6, 6.07) is 11.4. The molecule has 0 atom stereocenters. The van der Waals surface area contributed by atoms with Crippen molar-refractivity contribution in [2.45, 2.75) is 0 Å². The van der Waals surface area contributed by atoms with E-state index in [0.717, 1.165) is 11.8 Å². The van der Waals surface area contributed by atoms with E-state index in [1.165, 1.54) is 23.1 Å². The first-order valence-corrected chi connectivity index (χ1v) is 10.7. The average Bonchev–Trinajstić information content (AvgIpc) is 3.05. The van der Waals surface area contributed by atoms with E-state index in [-0.39, 0.29) is 24.8 Å². The molecule has 0 radical (unpaired) electrons. The number of rotatable bonds is 10. The number of carbonyl (C=O) groups is 1. The summed E-state index contributed by atoms with van der Waals surface area (Å²) in [6.45, 7) is 4.35. The lowest BCUT2D eigenvalue weighted by molar-refractivity contribution is -0.384. The van der Waals surface area contributed by atoms with Crippen LogP contribution in [0.15, 0.2) is 60.0 Å². The summed E-state index contributed by atoms with van der Waals surface area (Å²) in [5.74, 6) is 1.41. The van der Waals surface area contributed by atoms with Gasteiger partial charge in [0.15, 0.2) is 0 Å². The molecule has 10 heteroatoms. The third-order valence-corrected chi connectivity index (χ3v) is 5.70. The van der Waals surface area contributed by atoms with Gasteiger partial charge in [0.25, 0.3) is 11.6 Å². The van der Waals surface area contributed by atoms with Crippen molar-refractivity contribution in [3.05, 3.63) is 75.7 Å². The van der Waals surface area contributed by atoms with Crippen LogP contribution in [0, 0.1) is 10.1 Å². The van der Waals surface area contributed by atoms with E-state index in [9.17, 15) is 14.9 Å². The van der Waals surface area contributed by atoms with E-state index < -0.39 is 4.92 Å². The van der Waals surface area contributed by atoms with Crippen molar-refractivity contribution < 1.29 is 23.9 Å². The molecule has 0 aliphatic carbocycles. The van der Waals surface area contributed by atoms with E-state index in [2.05, 4.69) is 6.58 Å². The van der Waals surface area contributed by atoms with Gasteiger partial charge in [0.2, 0.25) is 0 Å². The molecular formula is C22H20N2O6S2. The van der Waals surface area contributed by atoms with Crippen LogP contribution in [-0.2, 0) is 4.79 Å². The maximum atomic E-state index is 12.6. The number of hydrogen-bond donors (Lipinski definition) is 0. The lowest BCUT2D eigenvalue weighted by atomic mass is 10.1. The smallest absolute Gasteiger partial charge is 0.270 e. The average molecular weight is 473 g/mol. The number of non-ortho nitro benzene ring substituents is 1. The Balaban J connectivity index is 1.75. The summed E-state index contributed by atoms with van der Waals surface area (Å²) in [5.41, 5.74) is 0.289. The largest absolute Gasteiger partial charge is 0.497 e. The van der Waals surface area contributed by atoms with E-state index in [1.807, 2.05) is 12.1 Å². The minimum atomic E-state index is -0.504. The summed E-state index contributed by atoms with van der Waals surface area (Å²) in [7, 11) is 1.57. The molecule has 1 saturated heterocycles. The van der Waals surface area contributed by atoms with Crippen molar-refractivity contribution in [2.24, 2.45) is 0 Å². The van der Waals surface area contributed by atoms with E-state index in [0.29, 0.717) is 38.6 Å². The molecule has 1 aliphatic heterocycles. The number of benzene rings is 2. The maximum absolute atomic E-state index is 12.6. The minimum absolute atomic E-state index is 0.113. The van der Waals surface area contributed by atoms with Gasteiger partial charge in [-0.15, -0.1) is 6.58 Å². The number of methoxy groups -OCH3 is 1. The molecule has 0 unspecified atom stereocenters. The number of amides is 1. The number of ether oxygens (including phenoxy) is 3. The molecule has 1 aliphatic rings. The second-order valence-electron chi connectivity index (χ2n) is 6.44. The van der Waals surface area contributed by atoms with Gasteiger partial charge in [0.05, 0.1) is 16.9 Å². The molecular weight excluding hydrogens is 452 g/mol. The van der Waals surface area contributed by atoms with E-state index in [4.69, 9.17) is 26.4 Å². The van der Waals surface area contributed by atoms with Gasteiger partial charge in [-0.1, -0.05) is 36.1 Å². The Bertz CT molecular complexity index is 1090. The monoisotopic (exact) mass is 472 g/mol. The van der Waals surface area contributed by atoms with E-state index >= 15 is 0 Å². The summed E-state index contributed by atoms with van der Waals surface area (Å²) in [5, 5.41) is 11.2. The normalized spacial score (nSPS) is 14.5. The Kier molecular flexibility index (Phi) is 7.85. The molecule has 1 fully saturated rings. The predicted octanol–water partition coefficient (Wildman–Crippen LogP) is 4.45. The Morgan fingerprint density at radius 1 is 1.19 bits per heavy atom. The minimum Gasteiger partial charge on any atom is -0.497 e. The molecule has 3 rings (SSSR count). The molecule has 0 N–H and O–H groups in total. The molecule has 32 heavy (non-hydrogen) atoms. The number of nitrogens with zero attached hydrogens (tertiary/aromatic N) is 2. The number of carbonyl (C=O) groups excluding carboxylic acids is 1. The Morgan fingerprint density at radius 3 is 2.66 bits per heavy atom. The summed E-state index contributed by atoms with van der Waals surface area (Å²) >= 11 is 6.37. The highest BCUT2D eigenvalue weighted by atomic mass is 32.2. The zero-order chi connectivity index (χ0) is 23.1. The molecule has 1 heterocycles. The number of thioether (sulfide) groups is 1. The zero-order valence-corrected chi connectivity index (χ0v) is 18.8. The van der Waals surface area contributed by atoms with Crippen LogP contribution in [0.1, 0.15) is 5.56 Å². The number of nitro benzene ring substituents is 1. The van der Waals surface area contributed by atoms with Crippen LogP contribution in [0.4, 0.5) is 5.69 Å². The Labute approximate surface area is 194 Å². The molecule has 2 aromatic rings. The zero-order valence-electron chi connectivity index (χ0n) is 17.2. The summed E-state index contributed by atoms with van der Waals surface area (Å²) in [4.78, 5) is 25.1. The number of thiocarbonyl (C=S) groups is 1. The standard InChI is InChI=1S/C22H20N2O6S2/c1-3-9-23-21(25)20(32-22(23)31)13-15-12-16(24(26)27)7-8-19(15)30-11-10-29-18-6-4-5-17(14-18)28-2/h3-8,12-14H,1,9-11H2,2H3/b20-13-. The third-order valence-electron chi connectivity index (χ3n) is 4.33. The molecule has 0 spiro atoms. The van der Waals surface area contributed by atoms with Gasteiger partial charge in [-0.2, -0.15) is 0 Å². The molecule has 8 nitrogen and oxygen atoms in total. The van der Waals surface area contributed by atoms with Crippen LogP contribution in [0.5, 0.6) is 17.2 Å². The quantitative estimate of drug-likeness (QED) is 0.125. The lowest BCUT2D eigenvalue weighted by Gasteiger charge is -2.12. The van der Waals surface area contributed by atoms with Crippen LogP contribution >= 0.6 is 24.0 Å². The Morgan fingerprint density at radius 2 is 1.94 bits per heavy atom. The molecule has 2 aromatic carbocycles. The fourth-order valence-corrected chi connectivity index (χ4v) is 4.09. The summed E-state index contributed by atoms with van der Waals surface area (Å²) < 4.78 is 17.0. The van der Waals surface area contributed by atoms with Crippen molar-refractivity contribution in [3.63, 3.8) is 0 Å². The van der Waals surface area contributed by atoms with Crippen LogP contribution < -0.4 is 14.2 Å². The van der Waals surface area contributed by atoms with Crippen LogP contribution in [0.3, 0.4) is 0 Å². The molecule has 0 saturated carbocycles.